The standard InChI is InChI=1S/C14H18Cl2N2O2/c1-2-20-14(19)13(18-8-6-17-7-9-18)12-10(15)4-3-5-11(12)16/h3-5,13,17H,2,6-9H2,1H3. The lowest BCUT2D eigenvalue weighted by Crippen LogP contribution is -2.47. The number of rotatable bonds is 4. The zero-order valence-corrected chi connectivity index (χ0v) is 12.9. The molecular weight excluding hydrogens is 299 g/mol. The Labute approximate surface area is 129 Å². The fraction of sp³-hybridized carbons (Fsp3) is 0.500. The molecule has 1 N–H and O–H groups in total. The summed E-state index contributed by atoms with van der Waals surface area (Å²) in [5.41, 5.74) is 0.635. The first-order valence-electron chi connectivity index (χ1n) is 6.70. The second-order valence-corrected chi connectivity index (χ2v) is 5.39. The quantitative estimate of drug-likeness (QED) is 0.867. The van der Waals surface area contributed by atoms with Crippen molar-refractivity contribution in [3.05, 3.63) is 33.8 Å². The van der Waals surface area contributed by atoms with Crippen LogP contribution >= 0.6 is 23.2 Å². The molecule has 0 spiro atoms. The molecule has 4 nitrogen and oxygen atoms in total. The molecular formula is C14H18Cl2N2O2. The average Bonchev–Trinajstić information content (AvgIpc) is 2.44. The first-order chi connectivity index (χ1) is 9.65. The van der Waals surface area contributed by atoms with Crippen LogP contribution in [-0.2, 0) is 9.53 Å². The molecule has 1 aromatic rings. The molecule has 110 valence electrons. The Morgan fingerprint density at radius 1 is 1.35 bits per heavy atom. The van der Waals surface area contributed by atoms with Crippen LogP contribution in [0.15, 0.2) is 18.2 Å². The maximum atomic E-state index is 12.3. The van der Waals surface area contributed by atoms with Gasteiger partial charge in [-0.05, 0) is 19.1 Å². The monoisotopic (exact) mass is 316 g/mol. The molecule has 1 aromatic carbocycles. The van der Waals surface area contributed by atoms with Gasteiger partial charge in [-0.2, -0.15) is 0 Å². The lowest BCUT2D eigenvalue weighted by Gasteiger charge is -2.34. The minimum absolute atomic E-state index is 0.301. The van der Waals surface area contributed by atoms with Gasteiger partial charge in [-0.25, -0.2) is 4.79 Å². The topological polar surface area (TPSA) is 41.6 Å². The average molecular weight is 317 g/mol. The number of nitrogens with one attached hydrogen (secondary N) is 1. The van der Waals surface area contributed by atoms with Crippen molar-refractivity contribution in [2.24, 2.45) is 0 Å². The highest BCUT2D eigenvalue weighted by Crippen LogP contribution is 2.34. The van der Waals surface area contributed by atoms with Crippen molar-refractivity contribution in [3.63, 3.8) is 0 Å². The third-order valence-electron chi connectivity index (χ3n) is 3.30. The fourth-order valence-electron chi connectivity index (χ4n) is 2.38. The number of hydrogen-bond acceptors (Lipinski definition) is 4. The van der Waals surface area contributed by atoms with Gasteiger partial charge in [0, 0.05) is 41.8 Å². The summed E-state index contributed by atoms with van der Waals surface area (Å²) in [4.78, 5) is 14.4. The number of nitrogens with zero attached hydrogens (tertiary/aromatic N) is 1. The molecule has 0 bridgehead atoms. The van der Waals surface area contributed by atoms with E-state index in [1.807, 2.05) is 0 Å². The molecule has 1 saturated heterocycles. The second-order valence-electron chi connectivity index (χ2n) is 4.58. The van der Waals surface area contributed by atoms with Crippen LogP contribution in [0.4, 0.5) is 0 Å². The molecule has 0 aromatic heterocycles. The summed E-state index contributed by atoms with van der Waals surface area (Å²) in [7, 11) is 0. The molecule has 1 fully saturated rings. The number of esters is 1. The summed E-state index contributed by atoms with van der Waals surface area (Å²) < 4.78 is 5.20. The predicted octanol–water partition coefficient (Wildman–Crippen LogP) is 2.50. The van der Waals surface area contributed by atoms with Crippen LogP contribution in [0.5, 0.6) is 0 Å². The van der Waals surface area contributed by atoms with Crippen molar-refractivity contribution in [1.29, 1.82) is 0 Å². The highest BCUT2D eigenvalue weighted by Gasteiger charge is 2.33. The number of ether oxygens (including phenoxy) is 1. The normalized spacial score (nSPS) is 17.8. The van der Waals surface area contributed by atoms with Crippen LogP contribution in [0.25, 0.3) is 0 Å². The molecule has 0 radical (unpaired) electrons. The summed E-state index contributed by atoms with van der Waals surface area (Å²) in [5, 5.41) is 4.25. The zero-order chi connectivity index (χ0) is 14.5. The molecule has 6 heteroatoms. The van der Waals surface area contributed by atoms with Gasteiger partial charge in [-0.1, -0.05) is 29.3 Å². The van der Waals surface area contributed by atoms with Gasteiger partial charge < -0.3 is 10.1 Å². The molecule has 20 heavy (non-hydrogen) atoms. The van der Waals surface area contributed by atoms with Crippen molar-refractivity contribution in [1.82, 2.24) is 10.2 Å². The molecule has 0 amide bonds. The number of carbonyl (C=O) groups is 1. The summed E-state index contributed by atoms with van der Waals surface area (Å²) in [6.07, 6.45) is 0. The number of halogens is 2. The van der Waals surface area contributed by atoms with Gasteiger partial charge in [0.05, 0.1) is 6.61 Å². The van der Waals surface area contributed by atoms with Crippen molar-refractivity contribution in [2.45, 2.75) is 13.0 Å². The Morgan fingerprint density at radius 3 is 2.50 bits per heavy atom. The number of piperazine rings is 1. The minimum Gasteiger partial charge on any atom is -0.465 e. The van der Waals surface area contributed by atoms with Crippen LogP contribution < -0.4 is 5.32 Å². The molecule has 2 rings (SSSR count). The summed E-state index contributed by atoms with van der Waals surface area (Å²) in [6, 6.07) is 4.72. The van der Waals surface area contributed by atoms with E-state index in [0.717, 1.165) is 26.2 Å². The van der Waals surface area contributed by atoms with E-state index in [9.17, 15) is 4.79 Å². The summed E-state index contributed by atoms with van der Waals surface area (Å²) in [5.74, 6) is -0.301. The Morgan fingerprint density at radius 2 is 1.95 bits per heavy atom. The zero-order valence-electron chi connectivity index (χ0n) is 11.4. The van der Waals surface area contributed by atoms with Crippen molar-refractivity contribution >= 4 is 29.2 Å². The fourth-order valence-corrected chi connectivity index (χ4v) is 2.99. The Balaban J connectivity index is 2.37. The summed E-state index contributed by atoms with van der Waals surface area (Å²) >= 11 is 12.5. The second kappa shape index (κ2) is 7.27. The highest BCUT2D eigenvalue weighted by molar-refractivity contribution is 6.36. The van der Waals surface area contributed by atoms with Gasteiger partial charge in [0.2, 0.25) is 0 Å². The Bertz CT molecular complexity index is 456. The number of benzene rings is 1. The van der Waals surface area contributed by atoms with Gasteiger partial charge in [-0.15, -0.1) is 0 Å². The number of hydrogen-bond donors (Lipinski definition) is 1. The maximum Gasteiger partial charge on any atom is 0.328 e. The Kier molecular flexibility index (Phi) is 5.66. The third kappa shape index (κ3) is 3.44. The third-order valence-corrected chi connectivity index (χ3v) is 3.96. The lowest BCUT2D eigenvalue weighted by atomic mass is 10.0. The van der Waals surface area contributed by atoms with Gasteiger partial charge in [0.15, 0.2) is 0 Å². The Hall–Kier alpha value is -0.810. The van der Waals surface area contributed by atoms with Crippen molar-refractivity contribution in [2.75, 3.05) is 32.8 Å². The molecule has 1 unspecified atom stereocenters. The van der Waals surface area contributed by atoms with E-state index in [4.69, 9.17) is 27.9 Å². The van der Waals surface area contributed by atoms with Crippen molar-refractivity contribution < 1.29 is 9.53 Å². The van der Waals surface area contributed by atoms with E-state index in [1.165, 1.54) is 0 Å². The van der Waals surface area contributed by atoms with Crippen LogP contribution in [0.3, 0.4) is 0 Å². The minimum atomic E-state index is -0.543. The van der Waals surface area contributed by atoms with E-state index >= 15 is 0 Å². The van der Waals surface area contributed by atoms with Gasteiger partial charge in [0.25, 0.3) is 0 Å². The number of carbonyl (C=O) groups excluding carboxylic acids is 1. The van der Waals surface area contributed by atoms with Crippen LogP contribution in [0.1, 0.15) is 18.5 Å². The largest absolute Gasteiger partial charge is 0.465 e. The molecule has 0 saturated carbocycles. The predicted molar refractivity (Wildman–Crippen MR) is 80.3 cm³/mol. The van der Waals surface area contributed by atoms with Gasteiger partial charge >= 0.3 is 5.97 Å². The molecule has 0 aliphatic carbocycles. The van der Waals surface area contributed by atoms with Crippen molar-refractivity contribution in [3.8, 4) is 0 Å². The van der Waals surface area contributed by atoms with E-state index in [1.54, 1.807) is 25.1 Å². The SMILES string of the molecule is CCOC(=O)C(c1c(Cl)cccc1Cl)N1CCNCC1. The van der Waals surface area contributed by atoms with E-state index in [-0.39, 0.29) is 5.97 Å². The van der Waals surface area contributed by atoms with Crippen LogP contribution in [0, 0.1) is 0 Å². The molecule has 1 atom stereocenters. The molecule has 1 aliphatic rings. The van der Waals surface area contributed by atoms with Gasteiger partial charge in [-0.3, -0.25) is 4.90 Å². The van der Waals surface area contributed by atoms with E-state index in [2.05, 4.69) is 10.2 Å². The lowest BCUT2D eigenvalue weighted by molar-refractivity contribution is -0.150. The van der Waals surface area contributed by atoms with Crippen LogP contribution in [0.2, 0.25) is 10.0 Å². The smallest absolute Gasteiger partial charge is 0.328 e. The van der Waals surface area contributed by atoms with E-state index in [0.29, 0.717) is 22.2 Å². The highest BCUT2D eigenvalue weighted by atomic mass is 35.5. The molecule has 1 aliphatic heterocycles. The van der Waals surface area contributed by atoms with E-state index < -0.39 is 6.04 Å². The molecule has 1 heterocycles. The maximum absolute atomic E-state index is 12.3. The summed E-state index contributed by atoms with van der Waals surface area (Å²) in [6.45, 7) is 5.30. The van der Waals surface area contributed by atoms with Crippen LogP contribution in [-0.4, -0.2) is 43.7 Å². The first kappa shape index (κ1) is 15.6. The van der Waals surface area contributed by atoms with Gasteiger partial charge in [0.1, 0.15) is 6.04 Å². The first-order valence-corrected chi connectivity index (χ1v) is 7.46.